The van der Waals surface area contributed by atoms with Crippen LogP contribution in [0.1, 0.15) is 33.1 Å². The maximum atomic E-state index is 13.5. The molecule has 4 rings (SSSR count). The number of benzene rings is 3. The van der Waals surface area contributed by atoms with Gasteiger partial charge in [0, 0.05) is 26.2 Å². The molecule has 0 saturated carbocycles. The Morgan fingerprint density at radius 1 is 0.750 bits per heavy atom. The van der Waals surface area contributed by atoms with Gasteiger partial charge in [-0.1, -0.05) is 54.6 Å². The summed E-state index contributed by atoms with van der Waals surface area (Å²) in [6.07, 6.45) is -4.59. The van der Waals surface area contributed by atoms with Crippen molar-refractivity contribution in [1.29, 1.82) is 0 Å². The first kappa shape index (κ1) is 22.0. The van der Waals surface area contributed by atoms with Crippen LogP contribution in [0.4, 0.5) is 17.6 Å². The van der Waals surface area contributed by atoms with E-state index in [4.69, 9.17) is 0 Å². The highest BCUT2D eigenvalue weighted by molar-refractivity contribution is 5.96. The zero-order valence-electron chi connectivity index (χ0n) is 17.2. The molecule has 0 radical (unpaired) electrons. The Kier molecular flexibility index (Phi) is 6.28. The van der Waals surface area contributed by atoms with E-state index in [1.807, 2.05) is 30.3 Å². The second-order valence-electron chi connectivity index (χ2n) is 7.74. The smallest absolute Gasteiger partial charge is 0.336 e. The Hall–Kier alpha value is -3.19. The van der Waals surface area contributed by atoms with E-state index in [1.54, 1.807) is 12.1 Å². The van der Waals surface area contributed by atoms with Crippen molar-refractivity contribution < 1.29 is 22.4 Å². The molecule has 1 fully saturated rings. The number of carbonyl (C=O) groups excluding carboxylic acids is 1. The molecule has 1 atom stereocenters. The number of piperazine rings is 1. The van der Waals surface area contributed by atoms with Crippen LogP contribution in [0.2, 0.25) is 0 Å². The molecular formula is C25H22F4N2O. The van der Waals surface area contributed by atoms with Gasteiger partial charge in [-0.25, -0.2) is 4.39 Å². The fourth-order valence-corrected chi connectivity index (χ4v) is 4.16. The van der Waals surface area contributed by atoms with E-state index in [0.29, 0.717) is 26.2 Å². The summed E-state index contributed by atoms with van der Waals surface area (Å²) < 4.78 is 53.5. The van der Waals surface area contributed by atoms with E-state index < -0.39 is 17.6 Å². The van der Waals surface area contributed by atoms with Crippen molar-refractivity contribution >= 4 is 5.91 Å². The third-order valence-electron chi connectivity index (χ3n) is 5.73. The number of nitrogens with zero attached hydrogens (tertiary/aromatic N) is 2. The maximum Gasteiger partial charge on any atom is 0.417 e. The van der Waals surface area contributed by atoms with E-state index in [9.17, 15) is 22.4 Å². The summed E-state index contributed by atoms with van der Waals surface area (Å²) in [5.74, 6) is -0.935. The minimum absolute atomic E-state index is 0.142. The van der Waals surface area contributed by atoms with Crippen molar-refractivity contribution in [3.63, 3.8) is 0 Å². The molecule has 0 N–H and O–H groups in total. The Labute approximate surface area is 183 Å². The summed E-state index contributed by atoms with van der Waals surface area (Å²) in [7, 11) is 0. The number of amides is 1. The zero-order chi connectivity index (χ0) is 22.7. The van der Waals surface area contributed by atoms with Gasteiger partial charge in [0.05, 0.1) is 17.2 Å². The highest BCUT2D eigenvalue weighted by Crippen LogP contribution is 2.33. The number of rotatable bonds is 4. The van der Waals surface area contributed by atoms with Gasteiger partial charge < -0.3 is 4.90 Å². The molecular weight excluding hydrogens is 420 g/mol. The minimum Gasteiger partial charge on any atom is -0.336 e. The van der Waals surface area contributed by atoms with Crippen molar-refractivity contribution in [2.24, 2.45) is 0 Å². The van der Waals surface area contributed by atoms with Crippen molar-refractivity contribution in [3.05, 3.63) is 107 Å². The van der Waals surface area contributed by atoms with Crippen molar-refractivity contribution in [2.45, 2.75) is 12.2 Å². The predicted molar refractivity (Wildman–Crippen MR) is 114 cm³/mol. The maximum absolute atomic E-state index is 13.5. The molecule has 3 aromatic rings. The molecule has 1 aliphatic heterocycles. The average Bonchev–Trinajstić information content (AvgIpc) is 2.81. The van der Waals surface area contributed by atoms with Gasteiger partial charge in [-0.15, -0.1) is 0 Å². The first-order chi connectivity index (χ1) is 15.3. The van der Waals surface area contributed by atoms with Crippen LogP contribution in [0.15, 0.2) is 78.9 Å². The second-order valence-corrected chi connectivity index (χ2v) is 7.74. The predicted octanol–water partition coefficient (Wildman–Crippen LogP) is 5.39. The molecule has 1 saturated heterocycles. The van der Waals surface area contributed by atoms with Crippen LogP contribution in [0.3, 0.4) is 0 Å². The summed E-state index contributed by atoms with van der Waals surface area (Å²) in [6.45, 7) is 1.57. The molecule has 0 spiro atoms. The van der Waals surface area contributed by atoms with E-state index in [2.05, 4.69) is 4.90 Å². The molecule has 1 amide bonds. The highest BCUT2D eigenvalue weighted by atomic mass is 19.4. The summed E-state index contributed by atoms with van der Waals surface area (Å²) in [5.41, 5.74) is 0.702. The van der Waals surface area contributed by atoms with Gasteiger partial charge in [0.25, 0.3) is 5.91 Å². The molecule has 0 bridgehead atoms. The summed E-state index contributed by atoms with van der Waals surface area (Å²) >= 11 is 0. The molecule has 3 aromatic carbocycles. The van der Waals surface area contributed by atoms with Crippen LogP contribution in [0.25, 0.3) is 0 Å². The molecule has 166 valence electrons. The van der Waals surface area contributed by atoms with Gasteiger partial charge in [0.2, 0.25) is 0 Å². The largest absolute Gasteiger partial charge is 0.417 e. The van der Waals surface area contributed by atoms with Gasteiger partial charge >= 0.3 is 6.18 Å². The molecule has 3 nitrogen and oxygen atoms in total. The summed E-state index contributed by atoms with van der Waals surface area (Å²) in [4.78, 5) is 16.5. The minimum atomic E-state index is -4.59. The van der Waals surface area contributed by atoms with Gasteiger partial charge in [0.1, 0.15) is 5.82 Å². The van der Waals surface area contributed by atoms with Gasteiger partial charge in [0.15, 0.2) is 0 Å². The Bertz CT molecular complexity index is 1060. The lowest BCUT2D eigenvalue weighted by Crippen LogP contribution is -2.50. The van der Waals surface area contributed by atoms with Crippen LogP contribution >= 0.6 is 0 Å². The van der Waals surface area contributed by atoms with Crippen LogP contribution in [0, 0.1) is 5.82 Å². The van der Waals surface area contributed by atoms with Gasteiger partial charge in [-0.2, -0.15) is 13.2 Å². The number of halogens is 4. The first-order valence-corrected chi connectivity index (χ1v) is 10.3. The molecule has 1 heterocycles. The standard InChI is InChI=1S/C25H22F4N2O/c26-20-12-10-19(11-13-20)23(18-6-2-1-3-7-18)30-14-16-31(17-15-30)24(32)21-8-4-5-9-22(21)25(27,28)29/h1-13,23H,14-17H2/t23-/m1/s1. The fraction of sp³-hybridized carbons (Fsp3) is 0.240. The highest BCUT2D eigenvalue weighted by Gasteiger charge is 2.37. The normalized spacial score (nSPS) is 16.1. The molecule has 0 aromatic heterocycles. The third-order valence-corrected chi connectivity index (χ3v) is 5.73. The van der Waals surface area contributed by atoms with E-state index in [-0.39, 0.29) is 17.4 Å². The Balaban J connectivity index is 1.54. The van der Waals surface area contributed by atoms with Crippen molar-refractivity contribution in [3.8, 4) is 0 Å². The average molecular weight is 442 g/mol. The number of hydrogen-bond donors (Lipinski definition) is 0. The number of carbonyl (C=O) groups is 1. The third kappa shape index (κ3) is 4.67. The van der Waals surface area contributed by atoms with Crippen molar-refractivity contribution in [1.82, 2.24) is 9.80 Å². The van der Waals surface area contributed by atoms with E-state index >= 15 is 0 Å². The van der Waals surface area contributed by atoms with Crippen LogP contribution in [-0.2, 0) is 6.18 Å². The SMILES string of the molecule is O=C(c1ccccc1C(F)(F)F)N1CCN([C@H](c2ccccc2)c2ccc(F)cc2)CC1. The Morgan fingerprint density at radius 2 is 1.31 bits per heavy atom. The molecule has 0 aliphatic carbocycles. The van der Waals surface area contributed by atoms with Gasteiger partial charge in [-0.3, -0.25) is 9.69 Å². The van der Waals surface area contributed by atoms with Crippen molar-refractivity contribution in [2.75, 3.05) is 26.2 Å². The molecule has 0 unspecified atom stereocenters. The van der Waals surface area contributed by atoms with Crippen LogP contribution < -0.4 is 0 Å². The summed E-state index contributed by atoms with van der Waals surface area (Å²) in [6, 6.07) is 20.8. The molecule has 32 heavy (non-hydrogen) atoms. The zero-order valence-corrected chi connectivity index (χ0v) is 17.2. The fourth-order valence-electron chi connectivity index (χ4n) is 4.16. The van der Waals surface area contributed by atoms with Crippen LogP contribution in [0.5, 0.6) is 0 Å². The number of hydrogen-bond acceptors (Lipinski definition) is 2. The summed E-state index contributed by atoms with van der Waals surface area (Å²) in [5, 5.41) is 0. The quantitative estimate of drug-likeness (QED) is 0.506. The lowest BCUT2D eigenvalue weighted by atomic mass is 9.96. The lowest BCUT2D eigenvalue weighted by molar-refractivity contribution is -0.138. The van der Waals surface area contributed by atoms with E-state index in [0.717, 1.165) is 17.2 Å². The lowest BCUT2D eigenvalue weighted by Gasteiger charge is -2.40. The second kappa shape index (κ2) is 9.12. The molecule has 1 aliphatic rings. The first-order valence-electron chi connectivity index (χ1n) is 10.3. The Morgan fingerprint density at radius 3 is 1.94 bits per heavy atom. The monoisotopic (exact) mass is 442 g/mol. The number of alkyl halides is 3. The van der Waals surface area contributed by atoms with Crippen LogP contribution in [-0.4, -0.2) is 41.9 Å². The van der Waals surface area contributed by atoms with Gasteiger partial charge in [-0.05, 0) is 35.4 Å². The van der Waals surface area contributed by atoms with E-state index in [1.165, 1.54) is 35.2 Å². The topological polar surface area (TPSA) is 23.6 Å². The molecule has 7 heteroatoms.